The smallest absolute Gasteiger partial charge is 0.0626 e. The van der Waals surface area contributed by atoms with E-state index in [0.29, 0.717) is 0 Å². The molecule has 30 rings (SSSR count). The molecule has 0 fully saturated rings. The number of benzene rings is 22. The fraction of sp³-hybridized carbons (Fsp3) is 0. The van der Waals surface area contributed by atoms with Gasteiger partial charge >= 0.3 is 0 Å². The summed E-state index contributed by atoms with van der Waals surface area (Å²) in [5, 5.41) is 42.3. The van der Waals surface area contributed by atoms with Crippen LogP contribution in [0.3, 0.4) is 0 Å². The van der Waals surface area contributed by atoms with E-state index >= 15 is 0 Å². The summed E-state index contributed by atoms with van der Waals surface area (Å²) in [6, 6.07) is 143. The highest BCUT2D eigenvalue weighted by Crippen LogP contribution is 2.55. The zero-order valence-corrected chi connectivity index (χ0v) is 71.7. The summed E-state index contributed by atoms with van der Waals surface area (Å²) in [6.07, 6.45) is 0. The number of H-pyrrole nitrogens is 1. The number of thiophene rings is 4. The molecule has 8 aromatic heterocycles. The Kier molecular flexibility index (Phi) is 15.0. The third-order valence-corrected chi connectivity index (χ3v) is 32.4. The number of aromatic nitrogens is 4. The molecule has 0 spiro atoms. The van der Waals surface area contributed by atoms with Crippen LogP contribution in [0.2, 0.25) is 0 Å². The van der Waals surface area contributed by atoms with Crippen LogP contribution in [0.25, 0.3) is 271 Å². The molecular formula is C116H65BrN4S4. The Morgan fingerprint density at radius 3 is 0.760 bits per heavy atom. The normalized spacial score (nSPS) is 12.4. The monoisotopic (exact) mass is 1720 g/mol. The summed E-state index contributed by atoms with van der Waals surface area (Å²) < 4.78 is 19.5. The first-order valence-corrected chi connectivity index (χ1v) is 46.6. The quantitative estimate of drug-likeness (QED) is 0.183. The van der Waals surface area contributed by atoms with Crippen LogP contribution >= 0.6 is 61.3 Å². The van der Waals surface area contributed by atoms with Crippen LogP contribution in [-0.2, 0) is 0 Å². The van der Waals surface area contributed by atoms with Gasteiger partial charge in [-0.15, -0.1) is 45.3 Å². The van der Waals surface area contributed by atoms with Crippen molar-refractivity contribution >= 4 is 315 Å². The Bertz CT molecular complexity index is 9690. The molecule has 9 heteroatoms. The molecule has 0 saturated heterocycles. The average Bonchev–Trinajstić information content (AvgIpc) is 1.55. The molecular weight excluding hydrogens is 1660 g/mol. The van der Waals surface area contributed by atoms with Crippen molar-refractivity contribution in [1.29, 1.82) is 0 Å². The summed E-state index contributed by atoms with van der Waals surface area (Å²) in [5.74, 6) is 0. The molecule has 580 valence electrons. The van der Waals surface area contributed by atoms with Gasteiger partial charge in [-0.2, -0.15) is 0 Å². The second-order valence-electron chi connectivity index (χ2n) is 33.2. The topological polar surface area (TPSA) is 30.6 Å². The first-order valence-electron chi connectivity index (χ1n) is 42.5. The number of hydrogen-bond donors (Lipinski definition) is 1. The van der Waals surface area contributed by atoms with Crippen LogP contribution in [0, 0.1) is 0 Å². The second kappa shape index (κ2) is 26.7. The first-order chi connectivity index (χ1) is 62.0. The third-order valence-electron chi connectivity index (χ3n) is 26.8. The third kappa shape index (κ3) is 9.90. The fourth-order valence-corrected chi connectivity index (χ4v) is 27.4. The molecule has 0 atom stereocenters. The van der Waals surface area contributed by atoms with E-state index in [9.17, 15) is 0 Å². The summed E-state index contributed by atoms with van der Waals surface area (Å²) in [6.45, 7) is 0. The van der Waals surface area contributed by atoms with E-state index in [1.807, 2.05) is 45.3 Å². The van der Waals surface area contributed by atoms with Gasteiger partial charge in [0.05, 0.1) is 38.6 Å². The second-order valence-corrected chi connectivity index (χ2v) is 38.2. The van der Waals surface area contributed by atoms with Gasteiger partial charge in [0.2, 0.25) is 0 Å². The molecule has 0 aliphatic heterocycles. The van der Waals surface area contributed by atoms with Crippen LogP contribution in [-0.4, -0.2) is 18.7 Å². The highest BCUT2D eigenvalue weighted by Gasteiger charge is 2.28. The van der Waals surface area contributed by atoms with Gasteiger partial charge in [0.25, 0.3) is 0 Å². The van der Waals surface area contributed by atoms with Crippen LogP contribution in [0.1, 0.15) is 0 Å². The molecule has 22 aromatic carbocycles. The summed E-state index contributed by atoms with van der Waals surface area (Å²) in [7, 11) is 0. The van der Waals surface area contributed by atoms with Crippen molar-refractivity contribution in [2.45, 2.75) is 0 Å². The number of para-hydroxylation sites is 4. The lowest BCUT2D eigenvalue weighted by Gasteiger charge is -2.14. The zero-order chi connectivity index (χ0) is 81.5. The van der Waals surface area contributed by atoms with Gasteiger partial charge in [-0.05, 0) is 116 Å². The van der Waals surface area contributed by atoms with Gasteiger partial charge < -0.3 is 18.7 Å². The molecule has 0 aliphatic carbocycles. The highest BCUT2D eigenvalue weighted by atomic mass is 79.9. The predicted molar refractivity (Wildman–Crippen MR) is 551 cm³/mol. The largest absolute Gasteiger partial charge is 0.354 e. The van der Waals surface area contributed by atoms with Gasteiger partial charge in [-0.25, -0.2) is 0 Å². The van der Waals surface area contributed by atoms with E-state index in [1.165, 1.54) is 260 Å². The minimum absolute atomic E-state index is 1.09. The van der Waals surface area contributed by atoms with E-state index in [1.54, 1.807) is 0 Å². The van der Waals surface area contributed by atoms with Gasteiger partial charge in [0.1, 0.15) is 0 Å². The molecule has 0 saturated carbocycles. The Balaban J connectivity index is 0.000000106. The zero-order valence-electron chi connectivity index (χ0n) is 66.8. The minimum Gasteiger partial charge on any atom is -0.354 e. The lowest BCUT2D eigenvalue weighted by atomic mass is 9.98. The van der Waals surface area contributed by atoms with Crippen molar-refractivity contribution in [3.05, 3.63) is 393 Å². The van der Waals surface area contributed by atoms with Gasteiger partial charge in [-0.1, -0.05) is 331 Å². The summed E-state index contributed by atoms with van der Waals surface area (Å²) >= 11 is 11.4. The van der Waals surface area contributed by atoms with Crippen molar-refractivity contribution in [2.75, 3.05) is 0 Å². The Hall–Kier alpha value is -14.5. The molecule has 125 heavy (non-hydrogen) atoms. The number of nitrogens with one attached hydrogen (secondary N) is 1. The van der Waals surface area contributed by atoms with Crippen LogP contribution in [0.5, 0.6) is 0 Å². The molecule has 1 N–H and O–H groups in total. The number of hydrogen-bond acceptors (Lipinski definition) is 4. The van der Waals surface area contributed by atoms with E-state index < -0.39 is 0 Å². The van der Waals surface area contributed by atoms with Gasteiger partial charge in [-0.3, -0.25) is 0 Å². The van der Waals surface area contributed by atoms with E-state index in [0.717, 1.165) is 15.8 Å². The number of fused-ring (bicyclic) bond motifs is 48. The van der Waals surface area contributed by atoms with Crippen molar-refractivity contribution in [1.82, 2.24) is 18.7 Å². The summed E-state index contributed by atoms with van der Waals surface area (Å²) in [4.78, 5) is 3.71. The molecule has 0 bridgehead atoms. The maximum Gasteiger partial charge on any atom is 0.0626 e. The molecule has 30 aromatic rings. The van der Waals surface area contributed by atoms with Crippen molar-refractivity contribution in [2.24, 2.45) is 0 Å². The Morgan fingerprint density at radius 2 is 0.424 bits per heavy atom. The Morgan fingerprint density at radius 1 is 0.176 bits per heavy atom. The average molecular weight is 1720 g/mol. The number of aromatic amines is 1. The fourth-order valence-electron chi connectivity index (χ4n) is 21.6. The SMILES string of the molecule is Brc1ccc(-n2c3ccccc3c3c4c5ccc6ccccc6c5sc4c4ccccc4c32)cc1.c1ccc2c(c1)ccc1c2sc2c3ccccc3c3[nH]c4ccccc4c3c12.c1ccc2c(c1)ccc1c2sc2c3ccccc3c3c(c4ccccc4n3-c3ccc(-n4c5ccccc5c5c6c7ccc8ccccc8c7sc6c6ccccc6c54)cc3)c12. The molecule has 8 heterocycles. The number of halogens is 1. The van der Waals surface area contributed by atoms with Crippen LogP contribution < -0.4 is 0 Å². The number of nitrogens with zero attached hydrogens (tertiary/aromatic N) is 3. The summed E-state index contributed by atoms with van der Waals surface area (Å²) in [5.41, 5.74) is 13.4. The van der Waals surface area contributed by atoms with Crippen LogP contribution in [0.4, 0.5) is 0 Å². The molecule has 4 nitrogen and oxygen atoms in total. The first kappa shape index (κ1) is 70.1. The van der Waals surface area contributed by atoms with Crippen molar-refractivity contribution < 1.29 is 0 Å². The van der Waals surface area contributed by atoms with E-state index in [4.69, 9.17) is 0 Å². The Labute approximate surface area is 737 Å². The maximum absolute atomic E-state index is 3.71. The van der Waals surface area contributed by atoms with Gasteiger partial charge in [0, 0.05) is 194 Å². The van der Waals surface area contributed by atoms with Crippen molar-refractivity contribution in [3.8, 4) is 17.1 Å². The molecule has 0 unspecified atom stereocenters. The standard InChI is InChI=1S/C58H32N2S2.C32H18BrNS.C26H15NS/c1-3-15-37-33(13-1)25-31-45-51-49-43-21-9-11-23-47(43)59(53(49)39-17-5-7-19-41(39)57(51)61-55(37)45)35-27-29-36(30-28-35)60-48-24-12-10-22-44(48)50-52-46-32-26-34-14-2-4-16-38(34)56(46)62-58(52)42-20-8-6-18-40(42)54(50)60;33-20-14-16-21(17-15-20)34-27-12-6-5-11-25(27)28-29-26-18-13-19-7-1-2-8-22(19)31(26)35-32(29)24-10-4-3-9-23(24)30(28)34;1-2-8-16-15(7-1)13-14-20-23-22-19-11-5-6-12-21(19)27-24(22)17-9-3-4-10-18(17)26(23)28-25(16)20/h1-32H;1-18H;1-14,27H. The lowest BCUT2D eigenvalue weighted by molar-refractivity contribution is 1.15. The van der Waals surface area contributed by atoms with E-state index in [2.05, 4.69) is 423 Å². The van der Waals surface area contributed by atoms with Crippen molar-refractivity contribution in [3.63, 3.8) is 0 Å². The van der Waals surface area contributed by atoms with Crippen LogP contribution in [0.15, 0.2) is 393 Å². The lowest BCUT2D eigenvalue weighted by Crippen LogP contribution is -1.98. The maximum atomic E-state index is 3.71. The highest BCUT2D eigenvalue weighted by molar-refractivity contribution is 9.10. The van der Waals surface area contributed by atoms with Gasteiger partial charge in [0.15, 0.2) is 0 Å². The molecule has 0 radical (unpaired) electrons. The minimum atomic E-state index is 1.09. The molecule has 0 aliphatic rings. The number of rotatable bonds is 3. The van der Waals surface area contributed by atoms with E-state index in [-0.39, 0.29) is 0 Å². The molecule has 0 amide bonds. The predicted octanol–water partition coefficient (Wildman–Crippen LogP) is 35.4.